The third kappa shape index (κ3) is 1.73. The van der Waals surface area contributed by atoms with E-state index in [1.807, 2.05) is 0 Å². The summed E-state index contributed by atoms with van der Waals surface area (Å²) in [7, 11) is 0. The van der Waals surface area contributed by atoms with Crippen molar-refractivity contribution in [2.24, 2.45) is 11.8 Å². The average molecular weight is 198 g/mol. The van der Waals surface area contributed by atoms with E-state index in [0.717, 1.165) is 11.8 Å². The predicted octanol–water partition coefficient (Wildman–Crippen LogP) is 4.28. The SMILES string of the molecule is C1=C(c2ccccc2)CC2CCCC[C@H]12. The summed E-state index contributed by atoms with van der Waals surface area (Å²) in [5, 5.41) is 0. The van der Waals surface area contributed by atoms with E-state index >= 15 is 0 Å². The van der Waals surface area contributed by atoms with Crippen molar-refractivity contribution in [1.29, 1.82) is 0 Å². The minimum atomic E-state index is 0.897. The number of benzene rings is 1. The molecule has 0 amide bonds. The third-order valence-electron chi connectivity index (χ3n) is 4.01. The fourth-order valence-electron chi connectivity index (χ4n) is 3.18. The maximum Gasteiger partial charge on any atom is -0.0196 e. The number of allylic oxidation sites excluding steroid dienone is 2. The molecule has 1 fully saturated rings. The number of hydrogen-bond acceptors (Lipinski definition) is 0. The van der Waals surface area contributed by atoms with Crippen molar-refractivity contribution < 1.29 is 0 Å². The van der Waals surface area contributed by atoms with Crippen LogP contribution in [0.5, 0.6) is 0 Å². The van der Waals surface area contributed by atoms with Crippen LogP contribution in [0.3, 0.4) is 0 Å². The van der Waals surface area contributed by atoms with Gasteiger partial charge in [0.25, 0.3) is 0 Å². The van der Waals surface area contributed by atoms with E-state index in [2.05, 4.69) is 36.4 Å². The maximum atomic E-state index is 2.55. The highest BCUT2D eigenvalue weighted by Crippen LogP contribution is 2.44. The van der Waals surface area contributed by atoms with Gasteiger partial charge in [-0.25, -0.2) is 0 Å². The highest BCUT2D eigenvalue weighted by molar-refractivity contribution is 5.68. The number of hydrogen-bond donors (Lipinski definition) is 0. The van der Waals surface area contributed by atoms with Crippen LogP contribution in [0.2, 0.25) is 0 Å². The molecule has 0 aromatic heterocycles. The summed E-state index contributed by atoms with van der Waals surface area (Å²) in [5.41, 5.74) is 3.06. The van der Waals surface area contributed by atoms with Gasteiger partial charge < -0.3 is 0 Å². The summed E-state index contributed by atoms with van der Waals surface area (Å²) in [6.45, 7) is 0. The molecule has 0 bridgehead atoms. The van der Waals surface area contributed by atoms with Crippen molar-refractivity contribution in [3.63, 3.8) is 0 Å². The van der Waals surface area contributed by atoms with Crippen LogP contribution in [-0.4, -0.2) is 0 Å². The fraction of sp³-hybridized carbons (Fsp3) is 0.467. The van der Waals surface area contributed by atoms with E-state index in [0.29, 0.717) is 0 Å². The van der Waals surface area contributed by atoms with Gasteiger partial charge in [-0.05, 0) is 42.2 Å². The van der Waals surface area contributed by atoms with Crippen molar-refractivity contribution in [3.05, 3.63) is 42.0 Å². The van der Waals surface area contributed by atoms with Gasteiger partial charge in [-0.1, -0.05) is 49.2 Å². The van der Waals surface area contributed by atoms with E-state index in [-0.39, 0.29) is 0 Å². The van der Waals surface area contributed by atoms with E-state index in [9.17, 15) is 0 Å². The molecule has 1 aromatic rings. The van der Waals surface area contributed by atoms with Crippen LogP contribution < -0.4 is 0 Å². The monoisotopic (exact) mass is 198 g/mol. The van der Waals surface area contributed by atoms with Crippen LogP contribution >= 0.6 is 0 Å². The van der Waals surface area contributed by atoms with Gasteiger partial charge in [0.2, 0.25) is 0 Å². The normalized spacial score (nSPS) is 29.7. The van der Waals surface area contributed by atoms with Crippen LogP contribution in [-0.2, 0) is 0 Å². The minimum absolute atomic E-state index is 0.897. The lowest BCUT2D eigenvalue weighted by atomic mass is 9.81. The van der Waals surface area contributed by atoms with E-state index in [4.69, 9.17) is 0 Å². The van der Waals surface area contributed by atoms with Crippen LogP contribution in [0.4, 0.5) is 0 Å². The second-order valence-electron chi connectivity index (χ2n) is 4.97. The quantitative estimate of drug-likeness (QED) is 0.632. The van der Waals surface area contributed by atoms with Crippen LogP contribution in [0, 0.1) is 11.8 Å². The Labute approximate surface area is 92.0 Å². The molecule has 0 nitrogen and oxygen atoms in total. The molecule has 0 radical (unpaired) electrons. The smallest absolute Gasteiger partial charge is 0.0196 e. The molecule has 0 heterocycles. The van der Waals surface area contributed by atoms with Gasteiger partial charge in [0, 0.05) is 0 Å². The zero-order chi connectivity index (χ0) is 10.1. The molecule has 78 valence electrons. The Morgan fingerprint density at radius 1 is 0.933 bits per heavy atom. The molecular formula is C15H18. The summed E-state index contributed by atoms with van der Waals surface area (Å²) < 4.78 is 0. The molecule has 1 saturated carbocycles. The zero-order valence-electron chi connectivity index (χ0n) is 9.15. The van der Waals surface area contributed by atoms with Crippen LogP contribution in [0.25, 0.3) is 5.57 Å². The van der Waals surface area contributed by atoms with Gasteiger partial charge >= 0.3 is 0 Å². The molecule has 0 saturated heterocycles. The second kappa shape index (κ2) is 3.84. The molecule has 0 heteroatoms. The Kier molecular flexibility index (Phi) is 2.36. The molecule has 1 aromatic carbocycles. The Morgan fingerprint density at radius 3 is 2.53 bits per heavy atom. The Bertz CT molecular complexity index is 361. The number of rotatable bonds is 1. The topological polar surface area (TPSA) is 0 Å². The molecule has 15 heavy (non-hydrogen) atoms. The van der Waals surface area contributed by atoms with Crippen LogP contribution in [0.1, 0.15) is 37.7 Å². The molecular weight excluding hydrogens is 180 g/mol. The lowest BCUT2D eigenvalue weighted by Gasteiger charge is -2.24. The van der Waals surface area contributed by atoms with Gasteiger partial charge in [0.1, 0.15) is 0 Å². The van der Waals surface area contributed by atoms with E-state index in [1.165, 1.54) is 37.7 Å². The van der Waals surface area contributed by atoms with Crippen LogP contribution in [0.15, 0.2) is 36.4 Å². The third-order valence-corrected chi connectivity index (χ3v) is 4.01. The van der Waals surface area contributed by atoms with Crippen molar-refractivity contribution in [2.75, 3.05) is 0 Å². The standard InChI is InChI=1S/C15H18/c1-2-6-12(7-3-1)15-10-13-8-4-5-9-14(13)11-15/h1-3,6-7,10,13-14H,4-5,8-9,11H2/t13-,14?/m1/s1. The van der Waals surface area contributed by atoms with E-state index in [1.54, 1.807) is 5.57 Å². The summed E-state index contributed by atoms with van der Waals surface area (Å²) in [6.07, 6.45) is 9.67. The molecule has 2 aliphatic rings. The largest absolute Gasteiger partial charge is 0.0773 e. The van der Waals surface area contributed by atoms with Gasteiger partial charge in [-0.15, -0.1) is 0 Å². The van der Waals surface area contributed by atoms with Crippen molar-refractivity contribution >= 4 is 5.57 Å². The molecule has 0 spiro atoms. The van der Waals surface area contributed by atoms with Crippen molar-refractivity contribution in [2.45, 2.75) is 32.1 Å². The molecule has 1 unspecified atom stereocenters. The lowest BCUT2D eigenvalue weighted by Crippen LogP contribution is -2.12. The Balaban J connectivity index is 1.84. The predicted molar refractivity (Wildman–Crippen MR) is 64.5 cm³/mol. The highest BCUT2D eigenvalue weighted by atomic mass is 14.3. The summed E-state index contributed by atoms with van der Waals surface area (Å²) >= 11 is 0. The Hall–Kier alpha value is -1.04. The average Bonchev–Trinajstić information content (AvgIpc) is 2.74. The summed E-state index contributed by atoms with van der Waals surface area (Å²) in [5.74, 6) is 1.86. The first-order valence-corrected chi connectivity index (χ1v) is 6.19. The second-order valence-corrected chi connectivity index (χ2v) is 4.97. The first-order chi connectivity index (χ1) is 7.43. The summed E-state index contributed by atoms with van der Waals surface area (Å²) in [4.78, 5) is 0. The molecule has 0 N–H and O–H groups in total. The molecule has 2 atom stereocenters. The Morgan fingerprint density at radius 2 is 1.73 bits per heavy atom. The number of fused-ring (bicyclic) bond motifs is 1. The first-order valence-electron chi connectivity index (χ1n) is 6.19. The lowest BCUT2D eigenvalue weighted by molar-refractivity contribution is 0.305. The van der Waals surface area contributed by atoms with Crippen molar-refractivity contribution in [1.82, 2.24) is 0 Å². The molecule has 2 aliphatic carbocycles. The van der Waals surface area contributed by atoms with Gasteiger partial charge in [0.05, 0.1) is 0 Å². The van der Waals surface area contributed by atoms with E-state index < -0.39 is 0 Å². The zero-order valence-corrected chi connectivity index (χ0v) is 9.15. The molecule has 3 rings (SSSR count). The molecule has 0 aliphatic heterocycles. The minimum Gasteiger partial charge on any atom is -0.0773 e. The fourth-order valence-corrected chi connectivity index (χ4v) is 3.18. The highest BCUT2D eigenvalue weighted by Gasteiger charge is 2.29. The van der Waals surface area contributed by atoms with Gasteiger partial charge in [-0.2, -0.15) is 0 Å². The first kappa shape index (κ1) is 9.21. The maximum absolute atomic E-state index is 2.55. The van der Waals surface area contributed by atoms with Gasteiger partial charge in [0.15, 0.2) is 0 Å². The van der Waals surface area contributed by atoms with Gasteiger partial charge in [-0.3, -0.25) is 0 Å². The van der Waals surface area contributed by atoms with Crippen molar-refractivity contribution in [3.8, 4) is 0 Å². The summed E-state index contributed by atoms with van der Waals surface area (Å²) in [6, 6.07) is 10.9.